The summed E-state index contributed by atoms with van der Waals surface area (Å²) in [6.45, 7) is 4.98. The Hall–Kier alpha value is -1.92. The summed E-state index contributed by atoms with van der Waals surface area (Å²) in [6, 6.07) is 4.48. The van der Waals surface area contributed by atoms with Gasteiger partial charge in [-0.15, -0.1) is 0 Å². The Kier molecular flexibility index (Phi) is 10.3. The molecular weight excluding hydrogens is 401 g/mol. The van der Waals surface area contributed by atoms with Crippen LogP contribution in [0.3, 0.4) is 0 Å². The lowest BCUT2D eigenvalue weighted by atomic mass is 9.96. The Labute approximate surface area is 176 Å². The molecule has 0 aliphatic heterocycles. The Morgan fingerprint density at radius 2 is 2.00 bits per heavy atom. The Morgan fingerprint density at radius 3 is 2.59 bits per heavy atom. The van der Waals surface area contributed by atoms with Gasteiger partial charge >= 0.3 is 6.18 Å². The molecule has 1 rings (SSSR count). The van der Waals surface area contributed by atoms with Crippen molar-refractivity contribution in [1.29, 1.82) is 0 Å². The van der Waals surface area contributed by atoms with Crippen LogP contribution in [0.15, 0.2) is 53.8 Å². The first kappa shape index (κ1) is 25.1. The van der Waals surface area contributed by atoms with Crippen LogP contribution < -0.4 is 10.5 Å². The van der Waals surface area contributed by atoms with Crippen LogP contribution in [0.1, 0.15) is 45.2 Å². The number of benzene rings is 1. The zero-order valence-corrected chi connectivity index (χ0v) is 18.1. The molecule has 3 nitrogen and oxygen atoms in total. The quantitative estimate of drug-likeness (QED) is 0.435. The minimum Gasteiger partial charge on any atom is -0.484 e. The second-order valence-corrected chi connectivity index (χ2v) is 7.44. The fourth-order valence-corrected chi connectivity index (χ4v) is 2.98. The van der Waals surface area contributed by atoms with Crippen molar-refractivity contribution in [3.05, 3.63) is 64.4 Å². The first-order valence-electron chi connectivity index (χ1n) is 9.50. The largest absolute Gasteiger partial charge is 0.484 e. The van der Waals surface area contributed by atoms with Crippen LogP contribution in [0.4, 0.5) is 13.2 Å². The van der Waals surface area contributed by atoms with E-state index in [-0.39, 0.29) is 11.8 Å². The molecule has 0 heterocycles. The molecule has 0 radical (unpaired) electrons. The third-order valence-corrected chi connectivity index (χ3v) is 4.42. The first-order chi connectivity index (χ1) is 13.5. The molecule has 0 spiro atoms. The summed E-state index contributed by atoms with van der Waals surface area (Å²) in [6.07, 6.45) is 5.43. The highest BCUT2D eigenvalue weighted by Gasteiger charge is 2.30. The summed E-state index contributed by atoms with van der Waals surface area (Å²) in [5.74, 6) is 0.116. The second kappa shape index (κ2) is 11.9. The molecule has 2 N–H and O–H groups in total. The highest BCUT2D eigenvalue weighted by Crippen LogP contribution is 2.36. The van der Waals surface area contributed by atoms with Gasteiger partial charge in [0.25, 0.3) is 0 Å². The SMILES string of the molecule is CCC/C=C\C=C(/C)C(c1ccc(Cl)cc1OCC(F)(F)F)N(C)C/C=C(\C)N. The molecule has 0 bridgehead atoms. The molecule has 0 aromatic heterocycles. The molecule has 0 amide bonds. The summed E-state index contributed by atoms with van der Waals surface area (Å²) < 4.78 is 43.3. The van der Waals surface area contributed by atoms with Crippen LogP contribution in [-0.2, 0) is 0 Å². The number of allylic oxidation sites excluding steroid dienone is 4. The van der Waals surface area contributed by atoms with Gasteiger partial charge in [-0.25, -0.2) is 0 Å². The Bertz CT molecular complexity index is 738. The molecule has 0 aliphatic rings. The van der Waals surface area contributed by atoms with Gasteiger partial charge < -0.3 is 10.5 Å². The van der Waals surface area contributed by atoms with Crippen molar-refractivity contribution < 1.29 is 17.9 Å². The molecule has 0 fully saturated rings. The number of likely N-dealkylation sites (N-methyl/N-ethyl adjacent to an activating group) is 1. The van der Waals surface area contributed by atoms with Crippen molar-refractivity contribution in [3.63, 3.8) is 0 Å². The summed E-state index contributed by atoms with van der Waals surface area (Å²) in [4.78, 5) is 2.00. The van der Waals surface area contributed by atoms with Crippen molar-refractivity contribution in [1.82, 2.24) is 4.90 Å². The smallest absolute Gasteiger partial charge is 0.422 e. The van der Waals surface area contributed by atoms with Gasteiger partial charge in [0, 0.05) is 22.8 Å². The molecule has 1 atom stereocenters. The van der Waals surface area contributed by atoms with Gasteiger partial charge in [-0.05, 0) is 39.4 Å². The van der Waals surface area contributed by atoms with Crippen molar-refractivity contribution in [2.24, 2.45) is 5.73 Å². The molecule has 1 aromatic rings. The monoisotopic (exact) mass is 430 g/mol. The topological polar surface area (TPSA) is 38.5 Å². The number of hydrogen-bond donors (Lipinski definition) is 1. The van der Waals surface area contributed by atoms with E-state index in [1.807, 2.05) is 37.1 Å². The summed E-state index contributed by atoms with van der Waals surface area (Å²) in [5.41, 5.74) is 8.00. The van der Waals surface area contributed by atoms with Crippen molar-refractivity contribution in [2.45, 2.75) is 45.8 Å². The highest BCUT2D eigenvalue weighted by molar-refractivity contribution is 6.30. The average Bonchev–Trinajstić information content (AvgIpc) is 2.63. The third-order valence-electron chi connectivity index (χ3n) is 4.19. The zero-order chi connectivity index (χ0) is 22.0. The van der Waals surface area contributed by atoms with Gasteiger partial charge in [-0.3, -0.25) is 4.90 Å². The van der Waals surface area contributed by atoms with Crippen molar-refractivity contribution in [2.75, 3.05) is 20.2 Å². The number of ether oxygens (including phenoxy) is 1. The average molecular weight is 431 g/mol. The van der Waals surface area contributed by atoms with Crippen LogP contribution in [-0.4, -0.2) is 31.3 Å². The molecule has 1 unspecified atom stereocenters. The summed E-state index contributed by atoms with van der Waals surface area (Å²) in [7, 11) is 1.89. The lowest BCUT2D eigenvalue weighted by Gasteiger charge is -2.30. The van der Waals surface area contributed by atoms with E-state index in [2.05, 4.69) is 13.0 Å². The fraction of sp³-hybridized carbons (Fsp3) is 0.455. The van der Waals surface area contributed by atoms with E-state index in [0.29, 0.717) is 22.8 Å². The lowest BCUT2D eigenvalue weighted by Crippen LogP contribution is -2.27. The highest BCUT2D eigenvalue weighted by atomic mass is 35.5. The predicted octanol–water partition coefficient (Wildman–Crippen LogP) is 6.42. The van der Waals surface area contributed by atoms with Gasteiger partial charge in [0.2, 0.25) is 0 Å². The Balaban J connectivity index is 3.35. The Morgan fingerprint density at radius 1 is 1.31 bits per heavy atom. The van der Waals surface area contributed by atoms with Crippen LogP contribution >= 0.6 is 11.6 Å². The lowest BCUT2D eigenvalue weighted by molar-refractivity contribution is -0.153. The van der Waals surface area contributed by atoms with Crippen LogP contribution in [0.5, 0.6) is 5.75 Å². The van der Waals surface area contributed by atoms with E-state index in [4.69, 9.17) is 22.1 Å². The fourth-order valence-electron chi connectivity index (χ4n) is 2.82. The predicted molar refractivity (Wildman–Crippen MR) is 114 cm³/mol. The number of alkyl halides is 3. The van der Waals surface area contributed by atoms with E-state index < -0.39 is 12.8 Å². The second-order valence-electron chi connectivity index (χ2n) is 7.00. The van der Waals surface area contributed by atoms with Crippen molar-refractivity contribution >= 4 is 11.6 Å². The number of nitrogens with two attached hydrogens (primary N) is 1. The molecule has 0 saturated heterocycles. The van der Waals surface area contributed by atoms with Crippen molar-refractivity contribution in [3.8, 4) is 5.75 Å². The number of hydrogen-bond acceptors (Lipinski definition) is 3. The van der Waals surface area contributed by atoms with E-state index in [1.165, 1.54) is 6.07 Å². The number of rotatable bonds is 10. The minimum atomic E-state index is -4.44. The molecular formula is C22H30ClF3N2O. The number of unbranched alkanes of at least 4 members (excludes halogenated alkanes) is 1. The number of nitrogens with zero attached hydrogens (tertiary/aromatic N) is 1. The standard InChI is InChI=1S/C22H30ClF3N2O/c1-5-6-7-8-9-16(2)21(28(4)13-12-17(3)27)19-11-10-18(23)14-20(19)29-15-22(24,25)26/h7-12,14,21H,5-6,13,15,27H2,1-4H3/b8-7-,16-9+,17-12+. The van der Waals surface area contributed by atoms with E-state index >= 15 is 0 Å². The molecule has 0 aliphatic carbocycles. The maximum absolute atomic E-state index is 12.7. The van der Waals surface area contributed by atoms with E-state index in [0.717, 1.165) is 18.4 Å². The van der Waals surface area contributed by atoms with Crippen LogP contribution in [0.2, 0.25) is 5.02 Å². The first-order valence-corrected chi connectivity index (χ1v) is 9.87. The van der Waals surface area contributed by atoms with Gasteiger partial charge in [-0.2, -0.15) is 13.2 Å². The molecule has 162 valence electrons. The van der Waals surface area contributed by atoms with Gasteiger partial charge in [0.05, 0.1) is 6.04 Å². The molecule has 7 heteroatoms. The maximum Gasteiger partial charge on any atom is 0.422 e. The van der Waals surface area contributed by atoms with E-state index in [9.17, 15) is 13.2 Å². The summed E-state index contributed by atoms with van der Waals surface area (Å²) in [5, 5.41) is 0.314. The third kappa shape index (κ3) is 9.41. The molecule has 1 aromatic carbocycles. The minimum absolute atomic E-state index is 0.116. The summed E-state index contributed by atoms with van der Waals surface area (Å²) >= 11 is 6.03. The van der Waals surface area contributed by atoms with Gasteiger partial charge in [0.1, 0.15) is 5.75 Å². The maximum atomic E-state index is 12.7. The van der Waals surface area contributed by atoms with Gasteiger partial charge in [0.15, 0.2) is 6.61 Å². The molecule has 29 heavy (non-hydrogen) atoms. The van der Waals surface area contributed by atoms with Crippen LogP contribution in [0.25, 0.3) is 0 Å². The van der Waals surface area contributed by atoms with Crippen LogP contribution in [0, 0.1) is 0 Å². The zero-order valence-electron chi connectivity index (χ0n) is 17.4. The van der Waals surface area contributed by atoms with Gasteiger partial charge in [-0.1, -0.05) is 60.9 Å². The van der Waals surface area contributed by atoms with E-state index in [1.54, 1.807) is 19.1 Å². The normalized spacial score (nSPS) is 14.7. The number of halogens is 4. The molecule has 0 saturated carbocycles.